The van der Waals surface area contributed by atoms with Crippen LogP contribution in [0.2, 0.25) is 0 Å². The molecule has 0 radical (unpaired) electrons. The van der Waals surface area contributed by atoms with E-state index in [4.69, 9.17) is 15.2 Å². The zero-order valence-electron chi connectivity index (χ0n) is 28.0. The largest absolute Gasteiger partial charge is 0.480 e. The van der Waals surface area contributed by atoms with Crippen LogP contribution in [0.3, 0.4) is 0 Å². The van der Waals surface area contributed by atoms with Crippen LogP contribution in [0.15, 0.2) is 0 Å². The lowest BCUT2D eigenvalue weighted by Gasteiger charge is -2.22. The number of carbonyl (C=O) groups excluding carboxylic acids is 2. The Labute approximate surface area is 264 Å². The van der Waals surface area contributed by atoms with E-state index in [1.807, 2.05) is 0 Å². The summed E-state index contributed by atoms with van der Waals surface area (Å²) in [4.78, 5) is 37.1. The third-order valence-electron chi connectivity index (χ3n) is 8.07. The van der Waals surface area contributed by atoms with Crippen LogP contribution >= 0.6 is 0 Å². The maximum absolute atomic E-state index is 12.9. The van der Waals surface area contributed by atoms with Crippen molar-refractivity contribution in [1.82, 2.24) is 5.32 Å². The van der Waals surface area contributed by atoms with Crippen LogP contribution in [0, 0.1) is 0 Å². The van der Waals surface area contributed by atoms with E-state index in [0.717, 1.165) is 38.5 Å². The lowest BCUT2D eigenvalue weighted by Crippen LogP contribution is -2.48. The first-order valence-corrected chi connectivity index (χ1v) is 18.0. The number of esters is 2. The standard InChI is InChI=1S/C35H68N2O6/c1-3-5-7-9-11-13-15-17-19-23-29-42-33(38)27-26-32(37-31(34(39)40)25-21-22-28-36)35(41)43-30-24-20-18-16-14-12-10-8-6-4-2/h31-32,37H,3-30,36H2,1-2H3,(H,39,40)/t31-,32?/m0/s1. The van der Waals surface area contributed by atoms with Gasteiger partial charge in [0.1, 0.15) is 12.1 Å². The van der Waals surface area contributed by atoms with Gasteiger partial charge in [-0.2, -0.15) is 0 Å². The normalized spacial score (nSPS) is 12.6. The van der Waals surface area contributed by atoms with E-state index in [1.165, 1.54) is 89.9 Å². The van der Waals surface area contributed by atoms with E-state index in [-0.39, 0.29) is 18.8 Å². The molecule has 0 bridgehead atoms. The van der Waals surface area contributed by atoms with Crippen LogP contribution in [0.4, 0.5) is 0 Å². The molecule has 0 saturated heterocycles. The van der Waals surface area contributed by atoms with Gasteiger partial charge in [-0.1, -0.05) is 136 Å². The molecule has 0 aliphatic rings. The molecule has 0 aromatic heterocycles. The van der Waals surface area contributed by atoms with E-state index in [2.05, 4.69) is 19.2 Å². The molecule has 0 amide bonds. The van der Waals surface area contributed by atoms with Crippen LogP contribution < -0.4 is 11.1 Å². The second-order valence-electron chi connectivity index (χ2n) is 12.2. The summed E-state index contributed by atoms with van der Waals surface area (Å²) in [5.41, 5.74) is 5.56. The van der Waals surface area contributed by atoms with Crippen LogP contribution in [0.1, 0.15) is 174 Å². The van der Waals surface area contributed by atoms with Gasteiger partial charge in [0.05, 0.1) is 13.2 Å². The minimum absolute atomic E-state index is 0.0396. The Kier molecular flexibility index (Phi) is 30.5. The molecule has 4 N–H and O–H groups in total. The maximum atomic E-state index is 12.9. The molecule has 0 aromatic carbocycles. The minimum atomic E-state index is -1.02. The van der Waals surface area contributed by atoms with Crippen molar-refractivity contribution in [2.45, 2.75) is 186 Å². The van der Waals surface area contributed by atoms with E-state index in [9.17, 15) is 19.5 Å². The first-order valence-electron chi connectivity index (χ1n) is 18.0. The smallest absolute Gasteiger partial charge is 0.323 e. The van der Waals surface area contributed by atoms with E-state index in [0.29, 0.717) is 39.0 Å². The highest BCUT2D eigenvalue weighted by Gasteiger charge is 2.27. The minimum Gasteiger partial charge on any atom is -0.480 e. The van der Waals surface area contributed by atoms with Crippen molar-refractivity contribution in [1.29, 1.82) is 0 Å². The third-order valence-corrected chi connectivity index (χ3v) is 8.07. The molecule has 1 unspecified atom stereocenters. The van der Waals surface area contributed by atoms with Gasteiger partial charge in [0.15, 0.2) is 0 Å². The second-order valence-corrected chi connectivity index (χ2v) is 12.2. The number of rotatable bonds is 33. The number of nitrogens with one attached hydrogen (secondary N) is 1. The molecule has 0 spiro atoms. The van der Waals surface area contributed by atoms with Crippen molar-refractivity contribution in [3.8, 4) is 0 Å². The molecule has 0 rings (SSSR count). The summed E-state index contributed by atoms with van der Waals surface area (Å²) < 4.78 is 10.9. The molecule has 0 aliphatic carbocycles. The molecule has 43 heavy (non-hydrogen) atoms. The summed E-state index contributed by atoms with van der Waals surface area (Å²) in [6, 6.07) is -1.77. The highest BCUT2D eigenvalue weighted by Crippen LogP contribution is 2.13. The van der Waals surface area contributed by atoms with Crippen molar-refractivity contribution < 1.29 is 29.0 Å². The zero-order chi connectivity index (χ0) is 31.8. The maximum Gasteiger partial charge on any atom is 0.323 e. The van der Waals surface area contributed by atoms with Gasteiger partial charge in [0.2, 0.25) is 0 Å². The van der Waals surface area contributed by atoms with Gasteiger partial charge in [-0.25, -0.2) is 0 Å². The molecular weight excluding hydrogens is 544 g/mol. The average molecular weight is 613 g/mol. The second kappa shape index (κ2) is 31.7. The Bertz CT molecular complexity index is 660. The Morgan fingerprint density at radius 1 is 0.581 bits per heavy atom. The molecule has 0 saturated carbocycles. The van der Waals surface area contributed by atoms with E-state index >= 15 is 0 Å². The third kappa shape index (κ3) is 27.6. The molecule has 0 aromatic rings. The lowest BCUT2D eigenvalue weighted by atomic mass is 10.1. The van der Waals surface area contributed by atoms with Crippen molar-refractivity contribution in [3.05, 3.63) is 0 Å². The van der Waals surface area contributed by atoms with Crippen LogP contribution in [0.25, 0.3) is 0 Å². The van der Waals surface area contributed by atoms with Crippen molar-refractivity contribution >= 4 is 17.9 Å². The van der Waals surface area contributed by atoms with Gasteiger partial charge in [-0.05, 0) is 38.6 Å². The summed E-state index contributed by atoms with van der Waals surface area (Å²) in [6.45, 7) is 5.64. The van der Waals surface area contributed by atoms with Gasteiger partial charge in [0, 0.05) is 6.42 Å². The Balaban J connectivity index is 4.42. The van der Waals surface area contributed by atoms with Gasteiger partial charge in [0.25, 0.3) is 0 Å². The molecule has 8 nitrogen and oxygen atoms in total. The summed E-state index contributed by atoms with van der Waals surface area (Å²) >= 11 is 0. The molecular formula is C35H68N2O6. The van der Waals surface area contributed by atoms with Crippen LogP contribution in [0.5, 0.6) is 0 Å². The highest BCUT2D eigenvalue weighted by molar-refractivity contribution is 5.79. The van der Waals surface area contributed by atoms with Gasteiger partial charge < -0.3 is 20.3 Å². The fourth-order valence-electron chi connectivity index (χ4n) is 5.26. The molecule has 0 aliphatic heterocycles. The monoisotopic (exact) mass is 613 g/mol. The number of carbonyl (C=O) groups is 3. The van der Waals surface area contributed by atoms with E-state index in [1.54, 1.807) is 0 Å². The summed E-state index contributed by atoms with van der Waals surface area (Å²) in [7, 11) is 0. The topological polar surface area (TPSA) is 128 Å². The number of carboxylic acids is 1. The Morgan fingerprint density at radius 3 is 1.47 bits per heavy atom. The lowest BCUT2D eigenvalue weighted by molar-refractivity contribution is -0.148. The van der Waals surface area contributed by atoms with Crippen molar-refractivity contribution in [2.24, 2.45) is 5.73 Å². The molecule has 0 fully saturated rings. The number of carboxylic acid groups (broad SMARTS) is 1. The molecule has 0 heterocycles. The highest BCUT2D eigenvalue weighted by atomic mass is 16.5. The molecule has 2 atom stereocenters. The number of unbranched alkanes of at least 4 members (excludes halogenated alkanes) is 19. The number of hydrogen-bond acceptors (Lipinski definition) is 7. The Hall–Kier alpha value is -1.67. The van der Waals surface area contributed by atoms with E-state index < -0.39 is 24.0 Å². The predicted octanol–water partition coefficient (Wildman–Crippen LogP) is 8.24. The number of aliphatic carboxylic acids is 1. The van der Waals surface area contributed by atoms with Gasteiger partial charge in [-0.3, -0.25) is 19.7 Å². The first-order chi connectivity index (χ1) is 21.0. The fourth-order valence-corrected chi connectivity index (χ4v) is 5.26. The summed E-state index contributed by atoms with van der Waals surface area (Å²) in [5, 5.41) is 12.6. The number of hydrogen-bond donors (Lipinski definition) is 3. The molecule has 8 heteroatoms. The van der Waals surface area contributed by atoms with Crippen molar-refractivity contribution in [2.75, 3.05) is 19.8 Å². The average Bonchev–Trinajstić information content (AvgIpc) is 2.99. The quantitative estimate of drug-likeness (QED) is 0.0499. The summed E-state index contributed by atoms with van der Waals surface area (Å²) in [5.74, 6) is -1.88. The number of ether oxygens (including phenoxy) is 2. The fraction of sp³-hybridized carbons (Fsp3) is 0.914. The predicted molar refractivity (Wildman–Crippen MR) is 176 cm³/mol. The molecule has 254 valence electrons. The van der Waals surface area contributed by atoms with Crippen LogP contribution in [-0.2, 0) is 23.9 Å². The van der Waals surface area contributed by atoms with Crippen LogP contribution in [-0.4, -0.2) is 54.9 Å². The van der Waals surface area contributed by atoms with Crippen molar-refractivity contribution in [3.63, 3.8) is 0 Å². The SMILES string of the molecule is CCCCCCCCCCCCOC(=O)CCC(N[C@@H](CCCCN)C(=O)O)C(=O)OCCCCCCCCCCCC. The summed E-state index contributed by atoms with van der Waals surface area (Å²) in [6.07, 6.45) is 25.9. The number of nitrogens with two attached hydrogens (primary N) is 1. The first kappa shape index (κ1) is 41.3. The van der Waals surface area contributed by atoms with Gasteiger partial charge in [-0.15, -0.1) is 0 Å². The Morgan fingerprint density at radius 2 is 1.02 bits per heavy atom. The van der Waals surface area contributed by atoms with Gasteiger partial charge >= 0.3 is 17.9 Å². The zero-order valence-corrected chi connectivity index (χ0v) is 28.0.